The first-order valence-corrected chi connectivity index (χ1v) is 19.0. The number of imide groups is 2. The number of anilines is 1. The van der Waals surface area contributed by atoms with Crippen LogP contribution in [0.25, 0.3) is 22.0 Å². The van der Waals surface area contributed by atoms with Crippen molar-refractivity contribution >= 4 is 52.0 Å². The fourth-order valence-corrected chi connectivity index (χ4v) is 7.07. The molecular weight excluding hydrogens is 745 g/mol. The van der Waals surface area contributed by atoms with Crippen molar-refractivity contribution in [3.8, 4) is 17.0 Å². The number of pyridine rings is 2. The van der Waals surface area contributed by atoms with Gasteiger partial charge in [-0.3, -0.25) is 43.8 Å². The highest BCUT2D eigenvalue weighted by Crippen LogP contribution is 2.34. The third kappa shape index (κ3) is 7.94. The van der Waals surface area contributed by atoms with E-state index in [0.717, 1.165) is 10.5 Å². The molecule has 1 atom stereocenters. The molecule has 0 saturated carbocycles. The Balaban J connectivity index is 0.888. The second-order valence-electron chi connectivity index (χ2n) is 14.4. The lowest BCUT2D eigenvalue weighted by molar-refractivity contribution is -0.136. The van der Waals surface area contributed by atoms with Crippen LogP contribution in [0.3, 0.4) is 0 Å². The van der Waals surface area contributed by atoms with Crippen molar-refractivity contribution in [1.82, 2.24) is 35.4 Å². The lowest BCUT2D eigenvalue weighted by Crippen LogP contribution is -2.54. The zero-order valence-corrected chi connectivity index (χ0v) is 32.1. The van der Waals surface area contributed by atoms with Gasteiger partial charge in [0.05, 0.1) is 17.2 Å². The molecule has 2 aromatic carbocycles. The number of hydrogen-bond donors (Lipinski definition) is 5. The Kier molecular flexibility index (Phi) is 11.2. The summed E-state index contributed by atoms with van der Waals surface area (Å²) in [6.45, 7) is 4.84. The van der Waals surface area contributed by atoms with Gasteiger partial charge in [0.2, 0.25) is 17.7 Å². The number of carbonyl (C=O) groups is 6. The third-order valence-electron chi connectivity index (χ3n) is 9.96. The average molecular weight is 787 g/mol. The summed E-state index contributed by atoms with van der Waals surface area (Å²) < 4.78 is 7.37. The molecule has 7 rings (SSSR count). The summed E-state index contributed by atoms with van der Waals surface area (Å²) in [4.78, 5) is 97.8. The summed E-state index contributed by atoms with van der Waals surface area (Å²) in [6.07, 6.45) is 4.61. The fraction of sp³-hybridized carbons (Fsp3) is 0.286. The van der Waals surface area contributed by atoms with Crippen LogP contribution in [0.5, 0.6) is 5.88 Å². The van der Waals surface area contributed by atoms with Crippen LogP contribution in [-0.4, -0.2) is 80.1 Å². The first-order valence-electron chi connectivity index (χ1n) is 19.0. The van der Waals surface area contributed by atoms with Gasteiger partial charge in [-0.1, -0.05) is 18.2 Å². The Morgan fingerprint density at radius 1 is 0.897 bits per heavy atom. The average Bonchev–Trinajstić information content (AvgIpc) is 3.76. The van der Waals surface area contributed by atoms with Crippen LogP contribution < -0.4 is 31.6 Å². The minimum atomic E-state index is -1.04. The number of carbonyl (C=O) groups excluding carboxylic acids is 6. The van der Waals surface area contributed by atoms with Gasteiger partial charge in [-0.05, 0) is 81.1 Å². The molecule has 2 aliphatic rings. The van der Waals surface area contributed by atoms with Crippen LogP contribution in [0.4, 0.5) is 5.69 Å². The quantitative estimate of drug-likeness (QED) is 0.0814. The van der Waals surface area contributed by atoms with Crippen molar-refractivity contribution in [2.45, 2.75) is 58.2 Å². The molecule has 2 aliphatic heterocycles. The molecule has 16 heteroatoms. The number of ether oxygens (including phenoxy) is 1. The topological polar surface area (TPSA) is 214 Å². The van der Waals surface area contributed by atoms with Crippen LogP contribution >= 0.6 is 0 Å². The molecule has 0 bridgehead atoms. The Bertz CT molecular complexity index is 2520. The molecule has 298 valence electrons. The standard InChI is InChI=1S/C42H42N8O8/c1-23(2)58-39-26(9-7-19-45-39)29-22-49(3)42(57)35-28(29)20-31(47-35)37(53)46-21-24-11-13-25(14-12-24)36(52)44-18-5-4-17-43-30-10-6-8-27-34(30)41(56)50(40(27)55)32-15-16-33(51)48-38(32)54/h6-14,19-20,22-23,32,43,47H,4-5,15-18,21H2,1-3H3,(H,44,52)(H,46,53)(H,48,51,54). The monoisotopic (exact) mass is 786 g/mol. The van der Waals surface area contributed by atoms with Crippen molar-refractivity contribution in [3.63, 3.8) is 0 Å². The van der Waals surface area contributed by atoms with Gasteiger partial charge in [0.25, 0.3) is 29.2 Å². The molecule has 1 fully saturated rings. The van der Waals surface area contributed by atoms with Gasteiger partial charge in [-0.25, -0.2) is 4.98 Å². The predicted octanol–water partition coefficient (Wildman–Crippen LogP) is 3.67. The molecule has 0 spiro atoms. The number of aromatic nitrogens is 3. The number of rotatable bonds is 14. The predicted molar refractivity (Wildman–Crippen MR) is 213 cm³/mol. The minimum absolute atomic E-state index is 0.0435. The molecule has 5 aromatic rings. The minimum Gasteiger partial charge on any atom is -0.475 e. The first kappa shape index (κ1) is 39.1. The van der Waals surface area contributed by atoms with Gasteiger partial charge >= 0.3 is 0 Å². The zero-order chi connectivity index (χ0) is 41.1. The van der Waals surface area contributed by atoms with E-state index in [1.54, 1.807) is 74.0 Å². The van der Waals surface area contributed by atoms with Crippen molar-refractivity contribution in [1.29, 1.82) is 0 Å². The molecule has 1 unspecified atom stereocenters. The van der Waals surface area contributed by atoms with Crippen LogP contribution in [0.2, 0.25) is 0 Å². The van der Waals surface area contributed by atoms with E-state index in [-0.39, 0.29) is 59.3 Å². The Morgan fingerprint density at radius 2 is 1.66 bits per heavy atom. The molecule has 58 heavy (non-hydrogen) atoms. The van der Waals surface area contributed by atoms with Gasteiger partial charge in [0.1, 0.15) is 17.3 Å². The summed E-state index contributed by atoms with van der Waals surface area (Å²) in [6, 6.07) is 16.0. The largest absolute Gasteiger partial charge is 0.475 e. The number of nitrogens with zero attached hydrogens (tertiary/aromatic N) is 3. The second kappa shape index (κ2) is 16.6. The lowest BCUT2D eigenvalue weighted by atomic mass is 10.0. The summed E-state index contributed by atoms with van der Waals surface area (Å²) >= 11 is 0. The molecular formula is C42H42N8O8. The zero-order valence-electron chi connectivity index (χ0n) is 32.1. The summed E-state index contributed by atoms with van der Waals surface area (Å²) in [5.74, 6) is -2.49. The normalized spacial score (nSPS) is 15.1. The number of fused-ring (bicyclic) bond motifs is 2. The number of hydrogen-bond acceptors (Lipinski definition) is 10. The summed E-state index contributed by atoms with van der Waals surface area (Å²) in [5, 5.41) is 11.7. The van der Waals surface area contributed by atoms with E-state index < -0.39 is 35.6 Å². The smallest absolute Gasteiger partial charge is 0.274 e. The van der Waals surface area contributed by atoms with E-state index in [1.807, 2.05) is 19.9 Å². The Morgan fingerprint density at radius 3 is 2.41 bits per heavy atom. The van der Waals surface area contributed by atoms with Crippen LogP contribution in [-0.2, 0) is 23.2 Å². The van der Waals surface area contributed by atoms with Crippen LogP contribution in [0, 0.1) is 0 Å². The summed E-state index contributed by atoms with van der Waals surface area (Å²) in [7, 11) is 1.64. The molecule has 1 saturated heterocycles. The number of unbranched alkanes of at least 4 members (excludes halogenated alkanes) is 1. The van der Waals surface area contributed by atoms with Gasteiger partial charge in [0, 0.05) is 73.3 Å². The van der Waals surface area contributed by atoms with E-state index in [9.17, 15) is 33.6 Å². The molecule has 3 aromatic heterocycles. The maximum absolute atomic E-state index is 13.3. The van der Waals surface area contributed by atoms with Crippen molar-refractivity contribution in [3.05, 3.63) is 111 Å². The van der Waals surface area contributed by atoms with Gasteiger partial charge in [0.15, 0.2) is 0 Å². The highest BCUT2D eigenvalue weighted by Gasteiger charge is 2.45. The number of H-pyrrole nitrogens is 1. The second-order valence-corrected chi connectivity index (χ2v) is 14.4. The lowest BCUT2D eigenvalue weighted by Gasteiger charge is -2.27. The number of benzene rings is 2. The van der Waals surface area contributed by atoms with Crippen molar-refractivity contribution in [2.75, 3.05) is 18.4 Å². The van der Waals surface area contributed by atoms with E-state index in [0.29, 0.717) is 59.6 Å². The fourth-order valence-electron chi connectivity index (χ4n) is 7.07. The SMILES string of the molecule is CC(C)Oc1ncccc1-c1cn(C)c(=O)c2[nH]c(C(=O)NCc3ccc(C(=O)NCCCCNc4cccc5c4C(=O)N(C4CCC(=O)NC4=O)C5=O)cc3)cc12. The molecule has 16 nitrogen and oxygen atoms in total. The van der Waals surface area contributed by atoms with Gasteiger partial charge in [-0.15, -0.1) is 0 Å². The number of nitrogens with one attached hydrogen (secondary N) is 5. The van der Waals surface area contributed by atoms with Crippen LogP contribution in [0.15, 0.2) is 77.9 Å². The maximum Gasteiger partial charge on any atom is 0.274 e. The number of piperidine rings is 1. The highest BCUT2D eigenvalue weighted by molar-refractivity contribution is 6.25. The molecule has 0 radical (unpaired) electrons. The molecule has 5 N–H and O–H groups in total. The maximum atomic E-state index is 13.3. The number of aromatic amines is 1. The molecule has 0 aliphatic carbocycles. The van der Waals surface area contributed by atoms with E-state index in [2.05, 4.69) is 31.2 Å². The molecule has 6 amide bonds. The van der Waals surface area contributed by atoms with Crippen molar-refractivity contribution in [2.24, 2.45) is 7.05 Å². The number of aryl methyl sites for hydroxylation is 1. The van der Waals surface area contributed by atoms with Gasteiger partial charge in [-0.2, -0.15) is 0 Å². The summed E-state index contributed by atoms with van der Waals surface area (Å²) in [5.41, 5.74) is 3.68. The first-order chi connectivity index (χ1) is 27.9. The third-order valence-corrected chi connectivity index (χ3v) is 9.96. The highest BCUT2D eigenvalue weighted by atomic mass is 16.5. The Labute approximate surface area is 332 Å². The van der Waals surface area contributed by atoms with E-state index in [4.69, 9.17) is 4.74 Å². The van der Waals surface area contributed by atoms with Gasteiger partial charge < -0.3 is 30.2 Å². The van der Waals surface area contributed by atoms with Crippen LogP contribution in [0.1, 0.15) is 86.7 Å². The van der Waals surface area contributed by atoms with E-state index in [1.165, 1.54) is 4.57 Å². The van der Waals surface area contributed by atoms with E-state index >= 15 is 0 Å². The Hall–Kier alpha value is -7.10. The number of amides is 6. The molecule has 5 heterocycles. The van der Waals surface area contributed by atoms with Crippen molar-refractivity contribution < 1.29 is 33.5 Å².